The number of nitrogens with zero attached hydrogens (tertiary/aromatic N) is 1. The van der Waals surface area contributed by atoms with E-state index >= 15 is 0 Å². The van der Waals surface area contributed by atoms with E-state index in [1.165, 1.54) is 0 Å². The zero-order valence-electron chi connectivity index (χ0n) is 13.8. The van der Waals surface area contributed by atoms with Crippen molar-refractivity contribution in [2.24, 2.45) is 0 Å². The van der Waals surface area contributed by atoms with Crippen LogP contribution in [0, 0.1) is 6.92 Å². The average molecular weight is 316 g/mol. The van der Waals surface area contributed by atoms with Crippen LogP contribution in [0.4, 0.5) is 0 Å². The van der Waals surface area contributed by atoms with Gasteiger partial charge >= 0.3 is 0 Å². The maximum absolute atomic E-state index is 12.3. The Morgan fingerprint density at radius 1 is 1.39 bits per heavy atom. The third-order valence-corrected chi connectivity index (χ3v) is 4.34. The summed E-state index contributed by atoms with van der Waals surface area (Å²) in [5, 5.41) is 1.08. The summed E-state index contributed by atoms with van der Waals surface area (Å²) in [6.07, 6.45) is 1.08. The van der Waals surface area contributed by atoms with Crippen molar-refractivity contribution in [2.45, 2.75) is 26.0 Å². The quantitative estimate of drug-likeness (QED) is 0.917. The van der Waals surface area contributed by atoms with E-state index in [0.717, 1.165) is 41.5 Å². The molecule has 0 bridgehead atoms. The lowest BCUT2D eigenvalue weighted by atomic mass is 10.1. The molecule has 0 radical (unpaired) electrons. The van der Waals surface area contributed by atoms with E-state index in [1.807, 2.05) is 19.1 Å². The number of aromatic amines is 1. The second-order valence-electron chi connectivity index (χ2n) is 6.22. The molecule has 1 atom stereocenters. The fourth-order valence-electron chi connectivity index (χ4n) is 3.07. The molecule has 1 saturated heterocycles. The topological polar surface area (TPSA) is 54.6 Å². The zero-order chi connectivity index (χ0) is 16.2. The zero-order valence-corrected chi connectivity index (χ0v) is 13.8. The molecule has 2 heterocycles. The summed E-state index contributed by atoms with van der Waals surface area (Å²) in [5.74, 6) is 0. The molecule has 1 N–H and O–H groups in total. The van der Waals surface area contributed by atoms with E-state index in [2.05, 4.69) is 22.0 Å². The SMILES string of the molecule is COCCC1CN(Cc2cc3ccc(C)cc3[nH]c2=O)CCO1. The summed E-state index contributed by atoms with van der Waals surface area (Å²) in [6.45, 7) is 5.79. The Bertz CT molecular complexity index is 726. The summed E-state index contributed by atoms with van der Waals surface area (Å²) in [5.41, 5.74) is 2.87. The third kappa shape index (κ3) is 3.99. The Morgan fingerprint density at radius 2 is 2.26 bits per heavy atom. The first-order valence-corrected chi connectivity index (χ1v) is 8.11. The first-order chi connectivity index (χ1) is 11.2. The molecule has 5 heteroatoms. The molecule has 1 aliphatic rings. The lowest BCUT2D eigenvalue weighted by molar-refractivity contribution is -0.0433. The number of nitrogens with one attached hydrogen (secondary N) is 1. The number of rotatable bonds is 5. The molecular weight excluding hydrogens is 292 g/mol. The minimum Gasteiger partial charge on any atom is -0.385 e. The number of hydrogen-bond acceptors (Lipinski definition) is 4. The molecule has 1 aromatic heterocycles. The van der Waals surface area contributed by atoms with Crippen LogP contribution >= 0.6 is 0 Å². The van der Waals surface area contributed by atoms with Crippen LogP contribution in [0.3, 0.4) is 0 Å². The minimum absolute atomic E-state index is 0.00281. The Morgan fingerprint density at radius 3 is 3.09 bits per heavy atom. The number of ether oxygens (including phenoxy) is 2. The molecule has 0 saturated carbocycles. The molecular formula is C18H24N2O3. The van der Waals surface area contributed by atoms with Crippen LogP contribution in [0.1, 0.15) is 17.5 Å². The van der Waals surface area contributed by atoms with Gasteiger partial charge in [-0.25, -0.2) is 0 Å². The van der Waals surface area contributed by atoms with Crippen molar-refractivity contribution in [3.05, 3.63) is 45.7 Å². The number of pyridine rings is 1. The van der Waals surface area contributed by atoms with Gasteiger partial charge in [-0.3, -0.25) is 9.69 Å². The fourth-order valence-corrected chi connectivity index (χ4v) is 3.07. The van der Waals surface area contributed by atoms with Crippen molar-refractivity contribution in [1.82, 2.24) is 9.88 Å². The Balaban J connectivity index is 1.74. The fraction of sp³-hybridized carbons (Fsp3) is 0.500. The third-order valence-electron chi connectivity index (χ3n) is 4.34. The highest BCUT2D eigenvalue weighted by molar-refractivity contribution is 5.79. The van der Waals surface area contributed by atoms with Crippen molar-refractivity contribution < 1.29 is 9.47 Å². The number of benzene rings is 1. The number of aryl methyl sites for hydroxylation is 1. The lowest BCUT2D eigenvalue weighted by Gasteiger charge is -2.32. The summed E-state index contributed by atoms with van der Waals surface area (Å²) >= 11 is 0. The first kappa shape index (κ1) is 16.2. The van der Waals surface area contributed by atoms with Gasteiger partial charge < -0.3 is 14.5 Å². The minimum atomic E-state index is 0.00281. The maximum atomic E-state index is 12.3. The molecule has 0 spiro atoms. The highest BCUT2D eigenvalue weighted by Crippen LogP contribution is 2.15. The molecule has 0 aliphatic carbocycles. The highest BCUT2D eigenvalue weighted by Gasteiger charge is 2.21. The number of H-pyrrole nitrogens is 1. The van der Waals surface area contributed by atoms with Gasteiger partial charge in [-0.2, -0.15) is 0 Å². The number of hydrogen-bond donors (Lipinski definition) is 1. The van der Waals surface area contributed by atoms with Crippen molar-refractivity contribution >= 4 is 10.9 Å². The van der Waals surface area contributed by atoms with Gasteiger partial charge in [-0.15, -0.1) is 0 Å². The molecule has 124 valence electrons. The van der Waals surface area contributed by atoms with E-state index in [1.54, 1.807) is 7.11 Å². The average Bonchev–Trinajstić information content (AvgIpc) is 2.54. The van der Waals surface area contributed by atoms with Gasteiger partial charge in [0.25, 0.3) is 5.56 Å². The number of methoxy groups -OCH3 is 1. The van der Waals surface area contributed by atoms with Crippen molar-refractivity contribution in [3.63, 3.8) is 0 Å². The Hall–Kier alpha value is -1.69. The molecule has 5 nitrogen and oxygen atoms in total. The van der Waals surface area contributed by atoms with Gasteiger partial charge in [-0.1, -0.05) is 12.1 Å². The lowest BCUT2D eigenvalue weighted by Crippen LogP contribution is -2.43. The molecule has 2 aromatic rings. The van der Waals surface area contributed by atoms with E-state index in [4.69, 9.17) is 9.47 Å². The van der Waals surface area contributed by atoms with Crippen LogP contribution in [-0.2, 0) is 16.0 Å². The van der Waals surface area contributed by atoms with Gasteiger partial charge in [0.2, 0.25) is 0 Å². The molecule has 1 fully saturated rings. The standard InChI is InChI=1S/C18H24N2O3/c1-13-3-4-14-10-15(18(21)19-17(14)9-13)11-20-6-8-23-16(12-20)5-7-22-2/h3-4,9-10,16H,5-8,11-12H2,1-2H3,(H,19,21). The molecule has 0 amide bonds. The highest BCUT2D eigenvalue weighted by atomic mass is 16.5. The van der Waals surface area contributed by atoms with E-state index in [0.29, 0.717) is 19.8 Å². The number of morpholine rings is 1. The maximum Gasteiger partial charge on any atom is 0.252 e. The first-order valence-electron chi connectivity index (χ1n) is 8.11. The van der Waals surface area contributed by atoms with Gasteiger partial charge in [0.1, 0.15) is 0 Å². The summed E-state index contributed by atoms with van der Waals surface area (Å²) in [7, 11) is 1.71. The van der Waals surface area contributed by atoms with Gasteiger partial charge in [0.15, 0.2) is 0 Å². The van der Waals surface area contributed by atoms with Crippen LogP contribution in [0.5, 0.6) is 0 Å². The number of aromatic nitrogens is 1. The van der Waals surface area contributed by atoms with Crippen LogP contribution in [0.15, 0.2) is 29.1 Å². The second-order valence-corrected chi connectivity index (χ2v) is 6.22. The van der Waals surface area contributed by atoms with Crippen LogP contribution < -0.4 is 5.56 Å². The molecule has 1 aliphatic heterocycles. The summed E-state index contributed by atoms with van der Waals surface area (Å²) < 4.78 is 10.9. The van der Waals surface area contributed by atoms with Gasteiger partial charge in [0.05, 0.1) is 12.7 Å². The normalized spacial score (nSPS) is 19.3. The van der Waals surface area contributed by atoms with Crippen molar-refractivity contribution in [1.29, 1.82) is 0 Å². The Kier molecular flexibility index (Phi) is 5.10. The predicted molar refractivity (Wildman–Crippen MR) is 90.8 cm³/mol. The Labute approximate surface area is 136 Å². The monoisotopic (exact) mass is 316 g/mol. The van der Waals surface area contributed by atoms with Crippen LogP contribution in [0.25, 0.3) is 10.9 Å². The molecule has 1 unspecified atom stereocenters. The van der Waals surface area contributed by atoms with Crippen molar-refractivity contribution in [2.75, 3.05) is 33.4 Å². The van der Waals surface area contributed by atoms with Crippen LogP contribution in [-0.4, -0.2) is 49.4 Å². The molecule has 23 heavy (non-hydrogen) atoms. The molecule has 3 rings (SSSR count). The largest absolute Gasteiger partial charge is 0.385 e. The van der Waals surface area contributed by atoms with Gasteiger partial charge in [0, 0.05) is 44.4 Å². The predicted octanol–water partition coefficient (Wildman–Crippen LogP) is 2.07. The van der Waals surface area contributed by atoms with Crippen LogP contribution in [0.2, 0.25) is 0 Å². The summed E-state index contributed by atoms with van der Waals surface area (Å²) in [6, 6.07) is 8.15. The van der Waals surface area contributed by atoms with E-state index < -0.39 is 0 Å². The molecule has 1 aromatic carbocycles. The summed E-state index contributed by atoms with van der Waals surface area (Å²) in [4.78, 5) is 17.6. The van der Waals surface area contributed by atoms with E-state index in [9.17, 15) is 4.79 Å². The van der Waals surface area contributed by atoms with E-state index in [-0.39, 0.29) is 11.7 Å². The second kappa shape index (κ2) is 7.25. The smallest absolute Gasteiger partial charge is 0.252 e. The number of fused-ring (bicyclic) bond motifs is 1. The van der Waals surface area contributed by atoms with Gasteiger partial charge in [-0.05, 0) is 36.4 Å². The van der Waals surface area contributed by atoms with Crippen molar-refractivity contribution in [3.8, 4) is 0 Å².